The molecule has 2 heterocycles. The first-order chi connectivity index (χ1) is 14.5. The predicted octanol–water partition coefficient (Wildman–Crippen LogP) is 4.19. The van der Waals surface area contributed by atoms with Crippen LogP contribution in [0.4, 0.5) is 5.69 Å². The van der Waals surface area contributed by atoms with Gasteiger partial charge in [0, 0.05) is 17.9 Å². The maximum atomic E-state index is 13.0. The van der Waals surface area contributed by atoms with E-state index in [0.717, 1.165) is 54.1 Å². The van der Waals surface area contributed by atoms with Gasteiger partial charge in [0.1, 0.15) is 5.75 Å². The van der Waals surface area contributed by atoms with E-state index in [4.69, 9.17) is 0 Å². The van der Waals surface area contributed by atoms with Crippen LogP contribution in [-0.2, 0) is 11.3 Å². The number of rotatable bonds is 5. The van der Waals surface area contributed by atoms with Crippen LogP contribution in [-0.4, -0.2) is 38.3 Å². The number of amides is 1. The minimum atomic E-state index is -0.150. The van der Waals surface area contributed by atoms with Crippen molar-refractivity contribution in [3.8, 4) is 11.4 Å². The molecule has 6 nitrogen and oxygen atoms in total. The van der Waals surface area contributed by atoms with E-state index in [2.05, 4.69) is 15.3 Å². The Morgan fingerprint density at radius 2 is 1.83 bits per heavy atom. The number of phenolic OH excluding ortho intramolecular Hbond substituents is 1. The Labute approximate surface area is 177 Å². The molecule has 30 heavy (non-hydrogen) atoms. The molecule has 1 aliphatic rings. The highest BCUT2D eigenvalue weighted by Gasteiger charge is 2.28. The molecule has 1 amide bonds. The van der Waals surface area contributed by atoms with Crippen LogP contribution in [0.5, 0.6) is 5.75 Å². The quantitative estimate of drug-likeness (QED) is 0.669. The molecule has 0 saturated carbocycles. The van der Waals surface area contributed by atoms with Crippen molar-refractivity contribution in [2.75, 3.05) is 11.9 Å². The van der Waals surface area contributed by atoms with Gasteiger partial charge >= 0.3 is 0 Å². The summed E-state index contributed by atoms with van der Waals surface area (Å²) in [5.41, 5.74) is 4.93. The van der Waals surface area contributed by atoms with Crippen molar-refractivity contribution < 1.29 is 9.90 Å². The van der Waals surface area contributed by atoms with Gasteiger partial charge in [0.2, 0.25) is 5.91 Å². The van der Waals surface area contributed by atoms with E-state index in [1.54, 1.807) is 12.1 Å². The molecule has 156 valence electrons. The Morgan fingerprint density at radius 1 is 1.10 bits per heavy atom. The smallest absolute Gasteiger partial charge is 0.241 e. The summed E-state index contributed by atoms with van der Waals surface area (Å²) in [6, 6.07) is 16.9. The first-order valence-corrected chi connectivity index (χ1v) is 10.5. The first-order valence-electron chi connectivity index (χ1n) is 10.5. The van der Waals surface area contributed by atoms with Crippen LogP contribution < -0.4 is 5.32 Å². The number of benzene rings is 2. The van der Waals surface area contributed by atoms with Gasteiger partial charge in [0.25, 0.3) is 0 Å². The molecule has 2 aromatic carbocycles. The number of anilines is 1. The Morgan fingerprint density at radius 3 is 2.50 bits per heavy atom. The number of hydrogen-bond acceptors (Lipinski definition) is 4. The van der Waals surface area contributed by atoms with Gasteiger partial charge in [-0.3, -0.25) is 9.69 Å². The minimum absolute atomic E-state index is 0.0346. The van der Waals surface area contributed by atoms with Crippen molar-refractivity contribution in [2.45, 2.75) is 45.7 Å². The molecule has 0 spiro atoms. The van der Waals surface area contributed by atoms with Crippen LogP contribution in [0, 0.1) is 13.8 Å². The fourth-order valence-corrected chi connectivity index (χ4v) is 4.11. The third kappa shape index (κ3) is 4.54. The molecule has 1 fully saturated rings. The summed E-state index contributed by atoms with van der Waals surface area (Å²) in [5.74, 6) is 0.294. The van der Waals surface area contributed by atoms with E-state index < -0.39 is 0 Å². The van der Waals surface area contributed by atoms with Crippen LogP contribution in [0.3, 0.4) is 0 Å². The van der Waals surface area contributed by atoms with E-state index >= 15 is 0 Å². The van der Waals surface area contributed by atoms with Crippen molar-refractivity contribution in [3.63, 3.8) is 0 Å². The fourth-order valence-electron chi connectivity index (χ4n) is 4.11. The lowest BCUT2D eigenvalue weighted by Gasteiger charge is -2.34. The average molecular weight is 405 g/mol. The molecule has 2 N–H and O–H groups in total. The van der Waals surface area contributed by atoms with Gasteiger partial charge in [0.15, 0.2) is 0 Å². The van der Waals surface area contributed by atoms with Gasteiger partial charge in [-0.05, 0) is 81.3 Å². The molecule has 1 aromatic heterocycles. The highest BCUT2D eigenvalue weighted by atomic mass is 16.3. The molecule has 6 heteroatoms. The van der Waals surface area contributed by atoms with Gasteiger partial charge in [-0.2, -0.15) is 5.10 Å². The zero-order valence-corrected chi connectivity index (χ0v) is 17.5. The minimum Gasteiger partial charge on any atom is -0.508 e. The van der Waals surface area contributed by atoms with Crippen LogP contribution in [0.25, 0.3) is 5.69 Å². The number of aromatic nitrogens is 2. The number of carbonyl (C=O) groups excluding carboxylic acids is 1. The predicted molar refractivity (Wildman–Crippen MR) is 118 cm³/mol. The lowest BCUT2D eigenvalue weighted by Crippen LogP contribution is -2.46. The molecule has 4 rings (SSSR count). The van der Waals surface area contributed by atoms with Gasteiger partial charge < -0.3 is 10.4 Å². The summed E-state index contributed by atoms with van der Waals surface area (Å²) in [6.45, 7) is 5.61. The van der Waals surface area contributed by atoms with Gasteiger partial charge in [-0.1, -0.05) is 18.6 Å². The normalized spacial score (nSPS) is 17.1. The van der Waals surface area contributed by atoms with E-state index in [1.165, 1.54) is 0 Å². The second-order valence-corrected chi connectivity index (χ2v) is 8.02. The number of aryl methyl sites for hydroxylation is 2. The molecule has 0 aliphatic carbocycles. The number of phenols is 1. The number of piperidine rings is 1. The number of carbonyl (C=O) groups is 1. The van der Waals surface area contributed by atoms with E-state index in [0.29, 0.717) is 6.54 Å². The lowest BCUT2D eigenvalue weighted by atomic mass is 10.00. The van der Waals surface area contributed by atoms with E-state index in [9.17, 15) is 9.90 Å². The van der Waals surface area contributed by atoms with Gasteiger partial charge in [0.05, 0.1) is 17.4 Å². The van der Waals surface area contributed by atoms with Crippen molar-refractivity contribution in [1.82, 2.24) is 14.7 Å². The summed E-state index contributed by atoms with van der Waals surface area (Å²) in [6.07, 6.45) is 3.01. The number of nitrogens with one attached hydrogen (secondary N) is 1. The SMILES string of the molecule is Cc1cc(C)n(-c2ccc(NC(=O)C3CCCCN3Cc3ccc(O)cc3)cc2)n1. The van der Waals surface area contributed by atoms with Crippen molar-refractivity contribution in [2.24, 2.45) is 0 Å². The highest BCUT2D eigenvalue weighted by molar-refractivity contribution is 5.95. The largest absolute Gasteiger partial charge is 0.508 e. The summed E-state index contributed by atoms with van der Waals surface area (Å²) in [5, 5.41) is 17.1. The Balaban J connectivity index is 1.43. The van der Waals surface area contributed by atoms with E-state index in [-0.39, 0.29) is 17.7 Å². The monoisotopic (exact) mass is 404 g/mol. The number of aromatic hydroxyl groups is 1. The Bertz CT molecular complexity index is 1010. The van der Waals surface area contributed by atoms with E-state index in [1.807, 2.05) is 61.0 Å². The van der Waals surface area contributed by atoms with Crippen molar-refractivity contribution in [3.05, 3.63) is 71.5 Å². The van der Waals surface area contributed by atoms with Crippen molar-refractivity contribution >= 4 is 11.6 Å². The third-order valence-electron chi connectivity index (χ3n) is 5.63. The maximum Gasteiger partial charge on any atom is 0.241 e. The van der Waals surface area contributed by atoms with Crippen molar-refractivity contribution in [1.29, 1.82) is 0 Å². The molecular weight excluding hydrogens is 376 g/mol. The summed E-state index contributed by atoms with van der Waals surface area (Å²) < 4.78 is 1.90. The zero-order chi connectivity index (χ0) is 21.1. The molecule has 1 unspecified atom stereocenters. The summed E-state index contributed by atoms with van der Waals surface area (Å²) in [7, 11) is 0. The van der Waals surface area contributed by atoms with Crippen LogP contribution in [0.1, 0.15) is 36.2 Å². The zero-order valence-electron chi connectivity index (χ0n) is 17.5. The molecule has 0 bridgehead atoms. The molecule has 1 atom stereocenters. The maximum absolute atomic E-state index is 13.0. The van der Waals surface area contributed by atoms with Gasteiger partial charge in [-0.15, -0.1) is 0 Å². The standard InChI is InChI=1S/C24H28N4O2/c1-17-15-18(2)28(26-17)21-10-8-20(9-11-21)25-24(30)23-5-3-4-14-27(23)16-19-6-12-22(29)13-7-19/h6-13,15,23,29H,3-5,14,16H2,1-2H3,(H,25,30). The Kier molecular flexibility index (Phi) is 5.86. The number of likely N-dealkylation sites (tertiary alicyclic amines) is 1. The Hall–Kier alpha value is -3.12. The second kappa shape index (κ2) is 8.71. The molecule has 1 saturated heterocycles. The van der Waals surface area contributed by atoms with Gasteiger partial charge in [-0.25, -0.2) is 4.68 Å². The molecule has 3 aromatic rings. The molecule has 1 aliphatic heterocycles. The molecule has 0 radical (unpaired) electrons. The topological polar surface area (TPSA) is 70.4 Å². The number of hydrogen-bond donors (Lipinski definition) is 2. The van der Waals surface area contributed by atoms with Crippen LogP contribution in [0.15, 0.2) is 54.6 Å². The summed E-state index contributed by atoms with van der Waals surface area (Å²) in [4.78, 5) is 15.3. The fraction of sp³-hybridized carbons (Fsp3) is 0.333. The third-order valence-corrected chi connectivity index (χ3v) is 5.63. The first kappa shape index (κ1) is 20.2. The second-order valence-electron chi connectivity index (χ2n) is 8.02. The molecular formula is C24H28N4O2. The highest BCUT2D eigenvalue weighted by Crippen LogP contribution is 2.23. The average Bonchev–Trinajstić information content (AvgIpc) is 3.08. The van der Waals surface area contributed by atoms with Crippen LogP contribution >= 0.6 is 0 Å². The van der Waals surface area contributed by atoms with Crippen LogP contribution in [0.2, 0.25) is 0 Å². The summed E-state index contributed by atoms with van der Waals surface area (Å²) >= 11 is 0. The lowest BCUT2D eigenvalue weighted by molar-refractivity contribution is -0.122. The number of nitrogens with zero attached hydrogens (tertiary/aromatic N) is 3.